The van der Waals surface area contributed by atoms with E-state index in [2.05, 4.69) is 15.4 Å². The van der Waals surface area contributed by atoms with Crippen molar-refractivity contribution in [2.24, 2.45) is 5.92 Å². The SMILES string of the molecule is CNCC1CC(Oc2nccn3nc(C)cc23)C1. The maximum absolute atomic E-state index is 5.95. The van der Waals surface area contributed by atoms with Gasteiger partial charge in [0.1, 0.15) is 11.6 Å². The van der Waals surface area contributed by atoms with Gasteiger partial charge in [-0.05, 0) is 45.3 Å². The standard InChI is InChI=1S/C13H18N4O/c1-9-5-12-13(15-3-4-17(12)16-9)18-11-6-10(7-11)8-14-2/h3-5,10-11,14H,6-8H2,1-2H3. The largest absolute Gasteiger partial charge is 0.473 e. The summed E-state index contributed by atoms with van der Waals surface area (Å²) in [4.78, 5) is 4.31. The number of aryl methyl sites for hydroxylation is 1. The first-order chi connectivity index (χ1) is 8.76. The van der Waals surface area contributed by atoms with Crippen molar-refractivity contribution in [1.82, 2.24) is 19.9 Å². The fourth-order valence-corrected chi connectivity index (χ4v) is 2.50. The molecule has 0 radical (unpaired) electrons. The van der Waals surface area contributed by atoms with Crippen molar-refractivity contribution in [3.8, 4) is 5.88 Å². The zero-order chi connectivity index (χ0) is 12.5. The van der Waals surface area contributed by atoms with Crippen molar-refractivity contribution in [3.05, 3.63) is 24.2 Å². The van der Waals surface area contributed by atoms with Crippen molar-refractivity contribution in [1.29, 1.82) is 0 Å². The Morgan fingerprint density at radius 2 is 2.33 bits per heavy atom. The number of nitrogens with zero attached hydrogens (tertiary/aromatic N) is 3. The van der Waals surface area contributed by atoms with Crippen LogP contribution in [0, 0.1) is 12.8 Å². The van der Waals surface area contributed by atoms with Crippen LogP contribution in [0.5, 0.6) is 5.88 Å². The zero-order valence-corrected chi connectivity index (χ0v) is 10.8. The number of ether oxygens (including phenoxy) is 1. The van der Waals surface area contributed by atoms with Gasteiger partial charge in [-0.15, -0.1) is 0 Å². The number of fused-ring (bicyclic) bond motifs is 1. The normalized spacial score (nSPS) is 23.0. The third-order valence-corrected chi connectivity index (χ3v) is 3.44. The minimum Gasteiger partial charge on any atom is -0.473 e. The fourth-order valence-electron chi connectivity index (χ4n) is 2.50. The van der Waals surface area contributed by atoms with Gasteiger partial charge in [-0.3, -0.25) is 0 Å². The van der Waals surface area contributed by atoms with Gasteiger partial charge in [-0.1, -0.05) is 0 Å². The molecule has 0 aliphatic heterocycles. The minimum absolute atomic E-state index is 0.303. The van der Waals surface area contributed by atoms with Crippen molar-refractivity contribution in [3.63, 3.8) is 0 Å². The van der Waals surface area contributed by atoms with Gasteiger partial charge < -0.3 is 10.1 Å². The summed E-state index contributed by atoms with van der Waals surface area (Å²) in [5.41, 5.74) is 1.93. The van der Waals surface area contributed by atoms with Gasteiger partial charge in [0.25, 0.3) is 0 Å². The molecule has 2 heterocycles. The molecule has 96 valence electrons. The number of aromatic nitrogens is 3. The van der Waals surface area contributed by atoms with Crippen LogP contribution in [0.1, 0.15) is 18.5 Å². The molecule has 18 heavy (non-hydrogen) atoms. The van der Waals surface area contributed by atoms with E-state index in [1.807, 2.05) is 30.8 Å². The summed E-state index contributed by atoms with van der Waals surface area (Å²) in [5.74, 6) is 1.44. The Kier molecular flexibility index (Phi) is 2.91. The zero-order valence-electron chi connectivity index (χ0n) is 10.8. The van der Waals surface area contributed by atoms with Crippen molar-refractivity contribution >= 4 is 5.52 Å². The second-order valence-electron chi connectivity index (χ2n) is 4.98. The molecule has 1 saturated carbocycles. The first-order valence-electron chi connectivity index (χ1n) is 6.38. The van der Waals surface area contributed by atoms with E-state index in [-0.39, 0.29) is 0 Å². The van der Waals surface area contributed by atoms with Gasteiger partial charge in [0, 0.05) is 12.4 Å². The summed E-state index contributed by atoms with van der Waals surface area (Å²) in [6.07, 6.45) is 6.10. The molecule has 0 spiro atoms. The Labute approximate surface area is 106 Å². The molecule has 1 aliphatic carbocycles. The van der Waals surface area contributed by atoms with Gasteiger partial charge in [-0.25, -0.2) is 9.50 Å². The highest BCUT2D eigenvalue weighted by molar-refractivity contribution is 5.56. The van der Waals surface area contributed by atoms with Crippen LogP contribution in [0.15, 0.2) is 18.5 Å². The second kappa shape index (κ2) is 4.57. The molecule has 1 aliphatic rings. The van der Waals surface area contributed by atoms with Gasteiger partial charge in [0.15, 0.2) is 0 Å². The molecule has 3 rings (SSSR count). The number of nitrogens with one attached hydrogen (secondary N) is 1. The van der Waals surface area contributed by atoms with Gasteiger partial charge in [0.05, 0.1) is 5.69 Å². The van der Waals surface area contributed by atoms with Crippen LogP contribution in [0.3, 0.4) is 0 Å². The molecule has 0 aromatic carbocycles. The highest BCUT2D eigenvalue weighted by atomic mass is 16.5. The molecule has 1 fully saturated rings. The molecular formula is C13H18N4O. The Morgan fingerprint density at radius 3 is 3.11 bits per heavy atom. The smallest absolute Gasteiger partial charge is 0.240 e. The maximum Gasteiger partial charge on any atom is 0.240 e. The van der Waals surface area contributed by atoms with E-state index in [0.29, 0.717) is 12.0 Å². The van der Waals surface area contributed by atoms with Crippen LogP contribution in [0.25, 0.3) is 5.52 Å². The molecule has 0 amide bonds. The summed E-state index contributed by atoms with van der Waals surface area (Å²) >= 11 is 0. The molecule has 5 nitrogen and oxygen atoms in total. The van der Waals surface area contributed by atoms with Crippen LogP contribution in [-0.2, 0) is 0 Å². The van der Waals surface area contributed by atoms with Crippen LogP contribution < -0.4 is 10.1 Å². The Hall–Kier alpha value is -1.62. The van der Waals surface area contributed by atoms with E-state index in [4.69, 9.17) is 4.74 Å². The molecule has 0 unspecified atom stereocenters. The molecule has 2 aromatic heterocycles. The topological polar surface area (TPSA) is 51.5 Å². The van der Waals surface area contributed by atoms with Crippen LogP contribution >= 0.6 is 0 Å². The van der Waals surface area contributed by atoms with Crippen LogP contribution in [0.4, 0.5) is 0 Å². The van der Waals surface area contributed by atoms with Crippen LogP contribution in [-0.4, -0.2) is 34.3 Å². The number of hydrogen-bond acceptors (Lipinski definition) is 4. The summed E-state index contributed by atoms with van der Waals surface area (Å²) < 4.78 is 7.77. The average Bonchev–Trinajstić information content (AvgIpc) is 2.67. The predicted molar refractivity (Wildman–Crippen MR) is 68.8 cm³/mol. The lowest BCUT2D eigenvalue weighted by Gasteiger charge is -2.34. The van der Waals surface area contributed by atoms with E-state index in [0.717, 1.165) is 36.5 Å². The summed E-state index contributed by atoms with van der Waals surface area (Å²) in [7, 11) is 1.99. The monoisotopic (exact) mass is 246 g/mol. The van der Waals surface area contributed by atoms with Gasteiger partial charge in [0.2, 0.25) is 5.88 Å². The Bertz CT molecular complexity index is 545. The highest BCUT2D eigenvalue weighted by Gasteiger charge is 2.30. The number of hydrogen-bond donors (Lipinski definition) is 1. The second-order valence-corrected chi connectivity index (χ2v) is 4.98. The number of rotatable bonds is 4. The van der Waals surface area contributed by atoms with E-state index in [9.17, 15) is 0 Å². The molecule has 5 heteroatoms. The van der Waals surface area contributed by atoms with Gasteiger partial charge in [-0.2, -0.15) is 5.10 Å². The first kappa shape index (κ1) is 11.5. The quantitative estimate of drug-likeness (QED) is 0.886. The molecule has 0 bridgehead atoms. The van der Waals surface area contributed by atoms with Crippen molar-refractivity contribution < 1.29 is 4.74 Å². The lowest BCUT2D eigenvalue weighted by atomic mass is 9.82. The summed E-state index contributed by atoms with van der Waals surface area (Å²) in [6, 6.07) is 2.01. The molecule has 1 N–H and O–H groups in total. The molecule has 0 saturated heterocycles. The van der Waals surface area contributed by atoms with Crippen molar-refractivity contribution in [2.45, 2.75) is 25.9 Å². The Morgan fingerprint density at radius 1 is 1.50 bits per heavy atom. The minimum atomic E-state index is 0.303. The van der Waals surface area contributed by atoms with E-state index < -0.39 is 0 Å². The lowest BCUT2D eigenvalue weighted by Crippen LogP contribution is -2.38. The van der Waals surface area contributed by atoms with Crippen molar-refractivity contribution in [2.75, 3.05) is 13.6 Å². The summed E-state index contributed by atoms with van der Waals surface area (Å²) in [6.45, 7) is 3.05. The third kappa shape index (κ3) is 2.06. The van der Waals surface area contributed by atoms with E-state index in [1.165, 1.54) is 0 Å². The summed E-state index contributed by atoms with van der Waals surface area (Å²) in [5, 5.41) is 7.56. The third-order valence-electron chi connectivity index (χ3n) is 3.44. The predicted octanol–water partition coefficient (Wildman–Crippen LogP) is 1.41. The average molecular weight is 246 g/mol. The van der Waals surface area contributed by atoms with E-state index in [1.54, 1.807) is 6.20 Å². The van der Waals surface area contributed by atoms with Crippen LogP contribution in [0.2, 0.25) is 0 Å². The molecule has 0 atom stereocenters. The van der Waals surface area contributed by atoms with Gasteiger partial charge >= 0.3 is 0 Å². The fraction of sp³-hybridized carbons (Fsp3) is 0.538. The maximum atomic E-state index is 5.95. The molecule has 2 aromatic rings. The molecular weight excluding hydrogens is 228 g/mol. The lowest BCUT2D eigenvalue weighted by molar-refractivity contribution is 0.0627. The Balaban J connectivity index is 1.72. The highest BCUT2D eigenvalue weighted by Crippen LogP contribution is 2.31. The van der Waals surface area contributed by atoms with E-state index >= 15 is 0 Å². The first-order valence-corrected chi connectivity index (χ1v) is 6.38.